The molecule has 0 saturated heterocycles. The van der Waals surface area contributed by atoms with Crippen LogP contribution in [-0.2, 0) is 12.7 Å². The molecule has 6 nitrogen and oxygen atoms in total. The number of aromatic nitrogens is 3. The SMILES string of the molecule is O=C(O)c1cn(Cc2nc(C3CC3)no2)cc1C(F)(F)F. The van der Waals surface area contributed by atoms with Crippen LogP contribution in [0.4, 0.5) is 13.2 Å². The van der Waals surface area contributed by atoms with Gasteiger partial charge in [0.1, 0.15) is 6.54 Å². The Morgan fingerprint density at radius 1 is 1.43 bits per heavy atom. The fourth-order valence-electron chi connectivity index (χ4n) is 1.99. The van der Waals surface area contributed by atoms with E-state index < -0.39 is 23.3 Å². The standard InChI is InChI=1S/C12H10F3N3O3/c13-12(14,15)8-4-18(3-7(8)11(19)20)5-9-16-10(17-21-9)6-1-2-6/h3-4,6H,1-2,5H2,(H,19,20). The minimum atomic E-state index is -4.73. The molecule has 21 heavy (non-hydrogen) atoms. The summed E-state index contributed by atoms with van der Waals surface area (Å²) in [6, 6.07) is 0. The van der Waals surface area contributed by atoms with Gasteiger partial charge in [-0.2, -0.15) is 18.2 Å². The molecule has 0 aliphatic heterocycles. The summed E-state index contributed by atoms with van der Waals surface area (Å²) in [5.74, 6) is -0.665. The van der Waals surface area contributed by atoms with Crippen LogP contribution in [0.3, 0.4) is 0 Å². The molecule has 0 atom stereocenters. The highest BCUT2D eigenvalue weighted by atomic mass is 19.4. The monoisotopic (exact) mass is 301 g/mol. The number of nitrogens with zero attached hydrogens (tertiary/aromatic N) is 3. The van der Waals surface area contributed by atoms with Gasteiger partial charge in [0.05, 0.1) is 11.1 Å². The Bertz CT molecular complexity index is 685. The average Bonchev–Trinajstić information content (AvgIpc) is 2.96. The van der Waals surface area contributed by atoms with Gasteiger partial charge in [0.25, 0.3) is 0 Å². The molecule has 2 aromatic heterocycles. The molecule has 1 aliphatic rings. The van der Waals surface area contributed by atoms with Crippen LogP contribution in [0.15, 0.2) is 16.9 Å². The van der Waals surface area contributed by atoms with Crippen molar-refractivity contribution in [1.29, 1.82) is 0 Å². The van der Waals surface area contributed by atoms with E-state index in [1.165, 1.54) is 0 Å². The van der Waals surface area contributed by atoms with Gasteiger partial charge in [-0.05, 0) is 12.8 Å². The first kappa shape index (κ1) is 13.7. The Morgan fingerprint density at radius 2 is 2.14 bits per heavy atom. The first-order valence-electron chi connectivity index (χ1n) is 6.17. The highest BCUT2D eigenvalue weighted by molar-refractivity contribution is 5.89. The second-order valence-electron chi connectivity index (χ2n) is 4.88. The van der Waals surface area contributed by atoms with Crippen LogP contribution in [0.1, 0.15) is 46.4 Å². The first-order chi connectivity index (χ1) is 9.84. The summed E-state index contributed by atoms with van der Waals surface area (Å²) >= 11 is 0. The molecule has 3 rings (SSSR count). The summed E-state index contributed by atoms with van der Waals surface area (Å²) in [5.41, 5.74) is -2.00. The van der Waals surface area contributed by atoms with Crippen molar-refractivity contribution in [3.63, 3.8) is 0 Å². The van der Waals surface area contributed by atoms with Crippen molar-refractivity contribution in [2.75, 3.05) is 0 Å². The third-order valence-electron chi connectivity index (χ3n) is 3.16. The lowest BCUT2D eigenvalue weighted by Crippen LogP contribution is -2.09. The third-order valence-corrected chi connectivity index (χ3v) is 3.16. The van der Waals surface area contributed by atoms with Gasteiger partial charge < -0.3 is 14.2 Å². The van der Waals surface area contributed by atoms with Gasteiger partial charge in [-0.1, -0.05) is 5.16 Å². The predicted molar refractivity (Wildman–Crippen MR) is 61.8 cm³/mol. The molecule has 9 heteroatoms. The Labute approximate surface area is 116 Å². The average molecular weight is 301 g/mol. The molecule has 0 spiro atoms. The molecule has 0 aromatic carbocycles. The lowest BCUT2D eigenvalue weighted by Gasteiger charge is -2.04. The number of carboxylic acids is 1. The molecule has 2 aromatic rings. The predicted octanol–water partition coefficient (Wildman–Crippen LogP) is 2.51. The zero-order valence-corrected chi connectivity index (χ0v) is 10.6. The molecule has 112 valence electrons. The van der Waals surface area contributed by atoms with E-state index >= 15 is 0 Å². The number of hydrogen-bond donors (Lipinski definition) is 1. The van der Waals surface area contributed by atoms with E-state index in [0.29, 0.717) is 5.82 Å². The van der Waals surface area contributed by atoms with E-state index in [1.807, 2.05) is 0 Å². The fraction of sp³-hybridized carbons (Fsp3) is 0.417. The summed E-state index contributed by atoms with van der Waals surface area (Å²) in [6.07, 6.45) is -1.14. The Hall–Kier alpha value is -2.32. The minimum Gasteiger partial charge on any atom is -0.478 e. The maximum atomic E-state index is 12.8. The number of halogens is 3. The van der Waals surface area contributed by atoms with Crippen LogP contribution >= 0.6 is 0 Å². The van der Waals surface area contributed by atoms with Crippen LogP contribution in [0.2, 0.25) is 0 Å². The van der Waals surface area contributed by atoms with E-state index in [4.69, 9.17) is 9.63 Å². The fourth-order valence-corrected chi connectivity index (χ4v) is 1.99. The topological polar surface area (TPSA) is 81.1 Å². The molecule has 0 unspecified atom stereocenters. The molecular weight excluding hydrogens is 291 g/mol. The molecule has 1 N–H and O–H groups in total. The Balaban J connectivity index is 1.86. The van der Waals surface area contributed by atoms with E-state index in [2.05, 4.69) is 10.1 Å². The van der Waals surface area contributed by atoms with Crippen LogP contribution in [0.5, 0.6) is 0 Å². The van der Waals surface area contributed by atoms with Crippen LogP contribution in [0, 0.1) is 0 Å². The Morgan fingerprint density at radius 3 is 2.67 bits per heavy atom. The highest BCUT2D eigenvalue weighted by Crippen LogP contribution is 2.38. The van der Waals surface area contributed by atoms with Gasteiger partial charge in [0, 0.05) is 18.3 Å². The van der Waals surface area contributed by atoms with E-state index in [9.17, 15) is 18.0 Å². The smallest absolute Gasteiger partial charge is 0.418 e. The largest absolute Gasteiger partial charge is 0.478 e. The maximum absolute atomic E-state index is 12.8. The normalized spacial score (nSPS) is 15.4. The zero-order chi connectivity index (χ0) is 15.2. The molecule has 0 amide bonds. The number of rotatable bonds is 4. The molecule has 0 bridgehead atoms. The van der Waals surface area contributed by atoms with Gasteiger partial charge in [-0.25, -0.2) is 4.79 Å². The van der Waals surface area contributed by atoms with Crippen molar-refractivity contribution in [1.82, 2.24) is 14.7 Å². The quantitative estimate of drug-likeness (QED) is 0.938. The number of alkyl halides is 3. The highest BCUT2D eigenvalue weighted by Gasteiger charge is 2.37. The first-order valence-corrected chi connectivity index (χ1v) is 6.17. The third kappa shape index (κ3) is 2.76. The lowest BCUT2D eigenvalue weighted by molar-refractivity contribution is -0.138. The molecular formula is C12H10F3N3O3. The number of carboxylic acid groups (broad SMARTS) is 1. The van der Waals surface area contributed by atoms with Crippen LogP contribution in [-0.4, -0.2) is 25.8 Å². The van der Waals surface area contributed by atoms with Gasteiger partial charge in [0.15, 0.2) is 5.82 Å². The van der Waals surface area contributed by atoms with E-state index in [0.717, 1.165) is 29.8 Å². The second kappa shape index (κ2) is 4.61. The summed E-state index contributed by atoms with van der Waals surface area (Å²) in [4.78, 5) is 15.0. The number of aromatic carboxylic acids is 1. The van der Waals surface area contributed by atoms with Gasteiger partial charge in [-0.3, -0.25) is 0 Å². The van der Waals surface area contributed by atoms with Crippen molar-refractivity contribution < 1.29 is 27.6 Å². The molecule has 1 aliphatic carbocycles. The number of hydrogen-bond acceptors (Lipinski definition) is 4. The number of carbonyl (C=O) groups is 1. The molecule has 0 radical (unpaired) electrons. The summed E-state index contributed by atoms with van der Waals surface area (Å²) in [7, 11) is 0. The van der Waals surface area contributed by atoms with Crippen molar-refractivity contribution in [3.05, 3.63) is 35.2 Å². The van der Waals surface area contributed by atoms with Crippen molar-refractivity contribution in [2.45, 2.75) is 31.5 Å². The van der Waals surface area contributed by atoms with Gasteiger partial charge >= 0.3 is 12.1 Å². The van der Waals surface area contributed by atoms with Gasteiger partial charge in [-0.15, -0.1) is 0 Å². The molecule has 1 fully saturated rings. The molecule has 2 heterocycles. The summed E-state index contributed by atoms with van der Waals surface area (Å²) < 4.78 is 44.3. The Kier molecular flexibility index (Phi) is 2.99. The summed E-state index contributed by atoms with van der Waals surface area (Å²) in [6.45, 7) is -0.101. The molecule has 1 saturated carbocycles. The van der Waals surface area contributed by atoms with Crippen molar-refractivity contribution >= 4 is 5.97 Å². The lowest BCUT2D eigenvalue weighted by atomic mass is 10.2. The van der Waals surface area contributed by atoms with Gasteiger partial charge in [0.2, 0.25) is 5.89 Å². The zero-order valence-electron chi connectivity index (χ0n) is 10.6. The maximum Gasteiger partial charge on any atom is 0.418 e. The van der Waals surface area contributed by atoms with Crippen LogP contribution < -0.4 is 0 Å². The van der Waals surface area contributed by atoms with Crippen LogP contribution in [0.25, 0.3) is 0 Å². The van der Waals surface area contributed by atoms with E-state index in [1.54, 1.807) is 0 Å². The second-order valence-corrected chi connectivity index (χ2v) is 4.88. The van der Waals surface area contributed by atoms with Crippen molar-refractivity contribution in [2.24, 2.45) is 0 Å². The van der Waals surface area contributed by atoms with E-state index in [-0.39, 0.29) is 18.4 Å². The minimum absolute atomic E-state index is 0.101. The summed E-state index contributed by atoms with van der Waals surface area (Å²) in [5, 5.41) is 12.6. The van der Waals surface area contributed by atoms with Crippen molar-refractivity contribution in [3.8, 4) is 0 Å².